The highest BCUT2D eigenvalue weighted by Gasteiger charge is 2.34. The molecular formula is C25H33ClN2O6. The number of rotatable bonds is 11. The van der Waals surface area contributed by atoms with Crippen molar-refractivity contribution in [2.24, 2.45) is 10.9 Å². The molecule has 1 aromatic carbocycles. The number of carbonyl (C=O) groups excluding carboxylic acids is 2. The smallest absolute Gasteiger partial charge is 0.328 e. The molecule has 9 heteroatoms. The number of aliphatic hydroxyl groups is 1. The fourth-order valence-corrected chi connectivity index (χ4v) is 4.14. The summed E-state index contributed by atoms with van der Waals surface area (Å²) in [6.07, 6.45) is 4.68. The minimum atomic E-state index is -1.01. The van der Waals surface area contributed by atoms with Crippen molar-refractivity contribution < 1.29 is 28.9 Å². The van der Waals surface area contributed by atoms with E-state index < -0.39 is 29.8 Å². The first-order valence-electron chi connectivity index (χ1n) is 11.3. The molecule has 1 saturated carbocycles. The van der Waals surface area contributed by atoms with Gasteiger partial charge in [-0.2, -0.15) is 0 Å². The summed E-state index contributed by atoms with van der Waals surface area (Å²) in [7, 11) is 1.35. The lowest BCUT2D eigenvalue weighted by Gasteiger charge is -2.30. The van der Waals surface area contributed by atoms with Crippen molar-refractivity contribution in [2.45, 2.75) is 64.7 Å². The van der Waals surface area contributed by atoms with Gasteiger partial charge in [0.2, 0.25) is 0 Å². The maximum Gasteiger partial charge on any atom is 0.328 e. The first-order valence-corrected chi connectivity index (χ1v) is 11.6. The largest absolute Gasteiger partial charge is 0.503 e. The summed E-state index contributed by atoms with van der Waals surface area (Å²) in [5, 5.41) is 13.3. The Balaban J connectivity index is 2.09. The molecule has 0 unspecified atom stereocenters. The molecular weight excluding hydrogens is 460 g/mol. The summed E-state index contributed by atoms with van der Waals surface area (Å²) in [4.78, 5) is 28.9. The Morgan fingerprint density at radius 3 is 2.53 bits per heavy atom. The second-order valence-electron chi connectivity index (χ2n) is 8.13. The Morgan fingerprint density at radius 2 is 1.97 bits per heavy atom. The summed E-state index contributed by atoms with van der Waals surface area (Å²) in [6.45, 7) is 8.20. The van der Waals surface area contributed by atoms with Crippen LogP contribution in [-0.4, -0.2) is 49.1 Å². The maximum absolute atomic E-state index is 12.8. The SMILES string of the molecule is C=N/C(C(=O)N[C@@H](C)C(=O)O[C@@H](C)[C@H](Oc1cccc(Cl)c1)C1CCCC1)=C(O)\C(=C/C)OC. The van der Waals surface area contributed by atoms with Gasteiger partial charge in [0.15, 0.2) is 17.2 Å². The van der Waals surface area contributed by atoms with Crippen molar-refractivity contribution in [1.82, 2.24) is 5.32 Å². The lowest BCUT2D eigenvalue weighted by atomic mass is 9.96. The third-order valence-corrected chi connectivity index (χ3v) is 5.95. The van der Waals surface area contributed by atoms with Crippen molar-refractivity contribution in [3.05, 3.63) is 52.6 Å². The number of esters is 1. The molecule has 1 amide bonds. The van der Waals surface area contributed by atoms with Gasteiger partial charge in [0.25, 0.3) is 5.91 Å². The van der Waals surface area contributed by atoms with E-state index in [9.17, 15) is 14.7 Å². The molecule has 1 fully saturated rings. The standard InChI is InChI=1S/C25H33ClN2O6/c1-6-20(32-5)22(29)21(27-4)24(30)28-15(2)25(31)33-16(3)23(17-10-7-8-11-17)34-19-13-9-12-18(26)14-19/h6,9,12-17,23,29H,4,7-8,10-11H2,1-3,5H3,(H,28,30)/b20-6+,22-21+/t15-,16-,23-/m0/s1. The van der Waals surface area contributed by atoms with Crippen LogP contribution in [0.25, 0.3) is 0 Å². The van der Waals surface area contributed by atoms with Gasteiger partial charge in [-0.3, -0.25) is 9.79 Å². The molecule has 0 heterocycles. The minimum Gasteiger partial charge on any atom is -0.503 e. The topological polar surface area (TPSA) is 106 Å². The molecule has 1 aliphatic rings. The Hall–Kier alpha value is -3.00. The van der Waals surface area contributed by atoms with Crippen LogP contribution in [0, 0.1) is 5.92 Å². The van der Waals surface area contributed by atoms with Gasteiger partial charge in [-0.1, -0.05) is 30.5 Å². The molecule has 0 bridgehead atoms. The van der Waals surface area contributed by atoms with Crippen molar-refractivity contribution in [1.29, 1.82) is 0 Å². The molecule has 0 radical (unpaired) electrons. The van der Waals surface area contributed by atoms with E-state index in [1.807, 2.05) is 6.07 Å². The third kappa shape index (κ3) is 7.25. The number of nitrogens with zero attached hydrogens (tertiary/aromatic N) is 1. The average molecular weight is 493 g/mol. The van der Waals surface area contributed by atoms with Crippen LogP contribution in [0.15, 0.2) is 52.5 Å². The average Bonchev–Trinajstić information content (AvgIpc) is 3.33. The van der Waals surface area contributed by atoms with Crippen LogP contribution in [0.4, 0.5) is 0 Å². The zero-order chi connectivity index (χ0) is 25.3. The molecule has 0 spiro atoms. The number of methoxy groups -OCH3 is 1. The lowest BCUT2D eigenvalue weighted by molar-refractivity contribution is -0.157. The molecule has 2 N–H and O–H groups in total. The van der Waals surface area contributed by atoms with E-state index in [4.69, 9.17) is 25.8 Å². The number of halogens is 1. The number of hydrogen-bond donors (Lipinski definition) is 2. The number of amides is 1. The van der Waals surface area contributed by atoms with Gasteiger partial charge in [0.1, 0.15) is 24.0 Å². The fraction of sp³-hybridized carbons (Fsp3) is 0.480. The highest BCUT2D eigenvalue weighted by atomic mass is 35.5. The molecule has 0 aliphatic heterocycles. The molecule has 8 nitrogen and oxygen atoms in total. The Morgan fingerprint density at radius 1 is 1.29 bits per heavy atom. The van der Waals surface area contributed by atoms with Gasteiger partial charge in [-0.25, -0.2) is 4.79 Å². The summed E-state index contributed by atoms with van der Waals surface area (Å²) < 4.78 is 16.9. The van der Waals surface area contributed by atoms with Crippen LogP contribution in [-0.2, 0) is 19.1 Å². The number of ether oxygens (including phenoxy) is 3. The molecule has 34 heavy (non-hydrogen) atoms. The molecule has 3 atom stereocenters. The highest BCUT2D eigenvalue weighted by molar-refractivity contribution is 6.30. The predicted molar refractivity (Wildman–Crippen MR) is 131 cm³/mol. The molecule has 1 aromatic rings. The van der Waals surface area contributed by atoms with E-state index >= 15 is 0 Å². The van der Waals surface area contributed by atoms with Gasteiger partial charge >= 0.3 is 5.97 Å². The van der Waals surface area contributed by atoms with Crippen LogP contribution in [0.5, 0.6) is 5.75 Å². The van der Waals surface area contributed by atoms with E-state index in [0.29, 0.717) is 10.8 Å². The summed E-state index contributed by atoms with van der Waals surface area (Å²) in [6, 6.07) is 6.09. The maximum atomic E-state index is 12.8. The Labute approximate surface area is 205 Å². The minimum absolute atomic E-state index is 0.0546. The van der Waals surface area contributed by atoms with Gasteiger partial charge in [0.05, 0.1) is 7.11 Å². The van der Waals surface area contributed by atoms with E-state index in [-0.39, 0.29) is 23.5 Å². The van der Waals surface area contributed by atoms with Crippen LogP contribution < -0.4 is 10.1 Å². The quantitative estimate of drug-likeness (QED) is 0.152. The fourth-order valence-electron chi connectivity index (χ4n) is 3.96. The van der Waals surface area contributed by atoms with E-state index in [1.165, 1.54) is 20.1 Å². The second-order valence-corrected chi connectivity index (χ2v) is 8.57. The number of benzene rings is 1. The van der Waals surface area contributed by atoms with Gasteiger partial charge in [-0.05, 0) is 70.5 Å². The third-order valence-electron chi connectivity index (χ3n) is 5.71. The van der Waals surface area contributed by atoms with Crippen molar-refractivity contribution in [2.75, 3.05) is 7.11 Å². The van der Waals surface area contributed by atoms with Crippen LogP contribution in [0.2, 0.25) is 5.02 Å². The zero-order valence-electron chi connectivity index (χ0n) is 20.0. The first-order chi connectivity index (χ1) is 16.2. The molecule has 186 valence electrons. The zero-order valence-corrected chi connectivity index (χ0v) is 20.8. The molecule has 2 rings (SSSR count). The normalized spacial score (nSPS) is 17.7. The van der Waals surface area contributed by atoms with E-state index in [0.717, 1.165) is 25.7 Å². The van der Waals surface area contributed by atoms with Crippen molar-refractivity contribution >= 4 is 30.2 Å². The number of aliphatic hydroxyl groups excluding tert-OH is 1. The second kappa shape index (κ2) is 13.0. The Kier molecular flexibility index (Phi) is 10.4. The molecule has 0 saturated heterocycles. The number of hydrogen-bond acceptors (Lipinski definition) is 7. The van der Waals surface area contributed by atoms with Crippen LogP contribution in [0.1, 0.15) is 46.5 Å². The lowest BCUT2D eigenvalue weighted by Crippen LogP contribution is -2.45. The number of nitrogens with one attached hydrogen (secondary N) is 1. The van der Waals surface area contributed by atoms with E-state index in [2.05, 4.69) is 17.0 Å². The number of carbonyl (C=O) groups is 2. The molecule has 0 aromatic heterocycles. The van der Waals surface area contributed by atoms with Gasteiger partial charge in [0, 0.05) is 5.02 Å². The predicted octanol–water partition coefficient (Wildman–Crippen LogP) is 4.73. The summed E-state index contributed by atoms with van der Waals surface area (Å²) >= 11 is 6.09. The summed E-state index contributed by atoms with van der Waals surface area (Å²) in [5.41, 5.74) is -0.365. The van der Waals surface area contributed by atoms with Gasteiger partial charge in [-0.15, -0.1) is 0 Å². The highest BCUT2D eigenvalue weighted by Crippen LogP contribution is 2.33. The summed E-state index contributed by atoms with van der Waals surface area (Å²) in [5.74, 6) is -1.02. The van der Waals surface area contributed by atoms with Gasteiger partial charge < -0.3 is 24.6 Å². The first kappa shape index (κ1) is 27.2. The van der Waals surface area contributed by atoms with E-state index in [1.54, 1.807) is 32.0 Å². The van der Waals surface area contributed by atoms with Crippen LogP contribution in [0.3, 0.4) is 0 Å². The number of allylic oxidation sites excluding steroid dienone is 1. The van der Waals surface area contributed by atoms with Crippen molar-refractivity contribution in [3.8, 4) is 5.75 Å². The van der Waals surface area contributed by atoms with Crippen molar-refractivity contribution in [3.63, 3.8) is 0 Å². The molecule has 1 aliphatic carbocycles. The Bertz CT molecular complexity index is 939. The number of aliphatic imine (C=N–C) groups is 1. The monoisotopic (exact) mass is 492 g/mol. The van der Waals surface area contributed by atoms with Crippen LogP contribution >= 0.6 is 11.6 Å².